The summed E-state index contributed by atoms with van der Waals surface area (Å²) in [4.78, 5) is 18.5. The third-order valence-electron chi connectivity index (χ3n) is 6.73. The molecule has 0 bridgehead atoms. The van der Waals surface area contributed by atoms with E-state index in [2.05, 4.69) is 91.1 Å². The van der Waals surface area contributed by atoms with Crippen LogP contribution < -0.4 is 11.1 Å². The van der Waals surface area contributed by atoms with Crippen LogP contribution in [0.4, 0.5) is 11.8 Å². The lowest BCUT2D eigenvalue weighted by Crippen LogP contribution is -2.38. The lowest BCUT2D eigenvalue weighted by molar-refractivity contribution is 0.170. The number of unbranched alkanes of at least 4 members (excludes halogenated alkanes) is 2. The smallest absolute Gasteiger partial charge is 0.222 e. The fourth-order valence-electron chi connectivity index (χ4n) is 4.11. The minimum Gasteiger partial charge on any atom is -0.368 e. The highest BCUT2D eigenvalue weighted by atomic mass is 15.2. The molecule has 0 atom stereocenters. The van der Waals surface area contributed by atoms with Crippen LogP contribution in [0.25, 0.3) is 11.0 Å². The molecule has 1 aromatic carbocycles. The van der Waals surface area contributed by atoms with E-state index in [1.54, 1.807) is 0 Å². The van der Waals surface area contributed by atoms with Gasteiger partial charge < -0.3 is 20.9 Å². The highest BCUT2D eigenvalue weighted by Gasteiger charge is 2.16. The summed E-state index contributed by atoms with van der Waals surface area (Å²) in [5.74, 6) is 0.991. The molecular weight excluding hydrogens is 446 g/mol. The van der Waals surface area contributed by atoms with Gasteiger partial charge in [-0.15, -0.1) is 0 Å². The van der Waals surface area contributed by atoms with E-state index in [1.807, 2.05) is 12.1 Å². The van der Waals surface area contributed by atoms with Crippen molar-refractivity contribution >= 4 is 22.8 Å². The van der Waals surface area contributed by atoms with E-state index in [-0.39, 0.29) is 11.5 Å². The van der Waals surface area contributed by atoms with Crippen LogP contribution in [0, 0.1) is 0 Å². The van der Waals surface area contributed by atoms with Crippen molar-refractivity contribution in [2.75, 3.05) is 44.8 Å². The monoisotopic (exact) mass is 491 g/mol. The Hall–Kier alpha value is -2.77. The summed E-state index contributed by atoms with van der Waals surface area (Å²) in [5.41, 5.74) is 11.3. The quantitative estimate of drug-likeness (QED) is 0.312. The van der Waals surface area contributed by atoms with Crippen molar-refractivity contribution in [1.82, 2.24) is 24.8 Å². The van der Waals surface area contributed by atoms with Crippen molar-refractivity contribution in [2.24, 2.45) is 0 Å². The molecule has 2 aromatic heterocycles. The largest absolute Gasteiger partial charge is 0.368 e. The first-order valence-electron chi connectivity index (χ1n) is 13.3. The summed E-state index contributed by atoms with van der Waals surface area (Å²) >= 11 is 0. The van der Waals surface area contributed by atoms with E-state index in [0.717, 1.165) is 68.0 Å². The lowest BCUT2D eigenvalue weighted by Gasteiger charge is -2.32. The van der Waals surface area contributed by atoms with Crippen molar-refractivity contribution in [3.05, 3.63) is 53.2 Å². The molecule has 0 amide bonds. The number of nitrogens with one attached hydrogen (secondary N) is 1. The zero-order valence-electron chi connectivity index (χ0n) is 23.1. The highest BCUT2D eigenvalue weighted by Crippen LogP contribution is 2.21. The molecule has 36 heavy (non-hydrogen) atoms. The Morgan fingerprint density at radius 3 is 2.25 bits per heavy atom. The Kier molecular flexibility index (Phi) is 10.0. The number of nitrogen functional groups attached to an aromatic ring is 1. The zero-order chi connectivity index (χ0) is 26.1. The molecule has 0 aliphatic rings. The van der Waals surface area contributed by atoms with E-state index in [0.29, 0.717) is 0 Å². The van der Waals surface area contributed by atoms with E-state index < -0.39 is 0 Å². The van der Waals surface area contributed by atoms with Gasteiger partial charge in [0.25, 0.3) is 0 Å². The minimum atomic E-state index is 0.242. The van der Waals surface area contributed by atoms with Gasteiger partial charge in [-0.3, -0.25) is 0 Å². The lowest BCUT2D eigenvalue weighted by atomic mass is 10.1. The summed E-state index contributed by atoms with van der Waals surface area (Å²) in [6, 6.07) is 12.9. The first-order chi connectivity index (χ1) is 17.2. The highest BCUT2D eigenvalue weighted by molar-refractivity contribution is 5.86. The van der Waals surface area contributed by atoms with Gasteiger partial charge in [-0.05, 0) is 90.5 Å². The van der Waals surface area contributed by atoms with Crippen molar-refractivity contribution in [3.8, 4) is 0 Å². The molecule has 0 fully saturated rings. The predicted molar refractivity (Wildman–Crippen MR) is 152 cm³/mol. The van der Waals surface area contributed by atoms with Gasteiger partial charge in [0, 0.05) is 30.7 Å². The molecule has 0 spiro atoms. The number of pyridine rings is 1. The molecule has 3 N–H and O–H groups in total. The van der Waals surface area contributed by atoms with Gasteiger partial charge >= 0.3 is 0 Å². The number of hydrogen-bond donors (Lipinski definition) is 2. The van der Waals surface area contributed by atoms with Crippen LogP contribution in [0.2, 0.25) is 0 Å². The molecule has 196 valence electrons. The maximum atomic E-state index is 5.91. The van der Waals surface area contributed by atoms with Crippen molar-refractivity contribution in [3.63, 3.8) is 0 Å². The van der Waals surface area contributed by atoms with E-state index in [1.165, 1.54) is 24.0 Å². The summed E-state index contributed by atoms with van der Waals surface area (Å²) < 4.78 is 0. The van der Waals surface area contributed by atoms with E-state index in [4.69, 9.17) is 10.7 Å². The van der Waals surface area contributed by atoms with Gasteiger partial charge in [-0.25, -0.2) is 9.97 Å². The fraction of sp³-hybridized carbons (Fsp3) is 0.552. The molecule has 7 nitrogen and oxygen atoms in total. The molecule has 0 unspecified atom stereocenters. The van der Waals surface area contributed by atoms with Gasteiger partial charge in [0.1, 0.15) is 5.52 Å². The van der Waals surface area contributed by atoms with Crippen molar-refractivity contribution in [2.45, 2.75) is 71.9 Å². The van der Waals surface area contributed by atoms with Crippen LogP contribution in [0.3, 0.4) is 0 Å². The first kappa shape index (κ1) is 27.8. The molecule has 0 aliphatic heterocycles. The van der Waals surface area contributed by atoms with Crippen LogP contribution >= 0.6 is 0 Å². The fourth-order valence-corrected chi connectivity index (χ4v) is 4.11. The number of aromatic nitrogens is 3. The molecule has 3 aromatic rings. The Morgan fingerprint density at radius 1 is 0.861 bits per heavy atom. The number of nitrogens with zero attached hydrogens (tertiary/aromatic N) is 5. The zero-order valence-corrected chi connectivity index (χ0v) is 23.1. The topological polar surface area (TPSA) is 83.2 Å². The molecule has 0 saturated carbocycles. The molecule has 7 heteroatoms. The van der Waals surface area contributed by atoms with E-state index >= 15 is 0 Å². The summed E-state index contributed by atoms with van der Waals surface area (Å²) in [6.45, 7) is 13.0. The van der Waals surface area contributed by atoms with Gasteiger partial charge in [-0.1, -0.05) is 37.6 Å². The van der Waals surface area contributed by atoms with Crippen LogP contribution in [0.1, 0.15) is 70.2 Å². The van der Waals surface area contributed by atoms with Crippen molar-refractivity contribution < 1.29 is 0 Å². The molecular formula is C29H45N7. The Bertz CT molecular complexity index is 1090. The average molecular weight is 492 g/mol. The van der Waals surface area contributed by atoms with Gasteiger partial charge in [-0.2, -0.15) is 4.98 Å². The van der Waals surface area contributed by atoms with Gasteiger partial charge in [0.2, 0.25) is 5.95 Å². The number of hydrogen-bond acceptors (Lipinski definition) is 7. The number of rotatable bonds is 13. The van der Waals surface area contributed by atoms with E-state index in [9.17, 15) is 0 Å². The number of benzene rings is 1. The summed E-state index contributed by atoms with van der Waals surface area (Å²) in [7, 11) is 4.42. The number of anilines is 2. The van der Waals surface area contributed by atoms with Crippen LogP contribution in [-0.4, -0.2) is 64.0 Å². The number of nitrogens with two attached hydrogens (primary N) is 1. The molecule has 0 radical (unpaired) electrons. The number of fused-ring (bicyclic) bond motifs is 1. The Labute approximate surface area is 217 Å². The Balaban J connectivity index is 1.55. The van der Waals surface area contributed by atoms with Crippen molar-refractivity contribution in [1.29, 1.82) is 0 Å². The van der Waals surface area contributed by atoms with Crippen LogP contribution in [0.5, 0.6) is 0 Å². The van der Waals surface area contributed by atoms with Crippen LogP contribution in [0.15, 0.2) is 36.4 Å². The maximum Gasteiger partial charge on any atom is 0.222 e. The Morgan fingerprint density at radius 2 is 1.56 bits per heavy atom. The SMILES string of the molecule is CCCCNc1nc(N)nc2ccc(Cc3ccc(CN(C)CCCCN(C)C(C)(C)C)cc3)nc12. The summed E-state index contributed by atoms with van der Waals surface area (Å²) in [6.07, 6.45) is 5.40. The second-order valence-electron chi connectivity index (χ2n) is 10.9. The normalized spacial score (nSPS) is 12.1. The standard InChI is InChI=1S/C29H45N7/c1-7-8-17-31-27-26-25(33-28(30)34-27)16-15-24(32-26)20-22-11-13-23(14-12-22)21-35(5)18-9-10-19-36(6)29(2,3)4/h11-16H,7-10,17-21H2,1-6H3,(H3,30,31,33,34). The molecule has 3 rings (SSSR count). The maximum absolute atomic E-state index is 5.91. The molecule has 2 heterocycles. The summed E-state index contributed by atoms with van der Waals surface area (Å²) in [5, 5.41) is 3.38. The van der Waals surface area contributed by atoms with Gasteiger partial charge in [0.15, 0.2) is 5.82 Å². The predicted octanol–water partition coefficient (Wildman–Crippen LogP) is 5.35. The van der Waals surface area contributed by atoms with Gasteiger partial charge in [0.05, 0.1) is 5.52 Å². The minimum absolute atomic E-state index is 0.242. The molecule has 0 aliphatic carbocycles. The van der Waals surface area contributed by atoms with Crippen LogP contribution in [-0.2, 0) is 13.0 Å². The molecule has 0 saturated heterocycles. The second-order valence-corrected chi connectivity index (χ2v) is 10.9. The average Bonchev–Trinajstić information content (AvgIpc) is 2.82. The second kappa shape index (κ2) is 13.0. The third-order valence-corrected chi connectivity index (χ3v) is 6.73. The third kappa shape index (κ3) is 8.42. The first-order valence-corrected chi connectivity index (χ1v) is 13.3.